The molecule has 1 aliphatic heterocycles. The first-order valence-electron chi connectivity index (χ1n) is 7.87. The first kappa shape index (κ1) is 14.5. The summed E-state index contributed by atoms with van der Waals surface area (Å²) >= 11 is 0. The molecule has 2 heterocycles. The molecule has 0 fully saturated rings. The average Bonchev–Trinajstić information content (AvgIpc) is 2.61. The number of hydrogen-bond acceptors (Lipinski definition) is 4. The van der Waals surface area contributed by atoms with Gasteiger partial charge in [-0.3, -0.25) is 4.79 Å². The van der Waals surface area contributed by atoms with Gasteiger partial charge in [0, 0.05) is 6.42 Å². The number of aromatic amines is 1. The van der Waals surface area contributed by atoms with Gasteiger partial charge >= 0.3 is 0 Å². The van der Waals surface area contributed by atoms with E-state index in [2.05, 4.69) is 9.97 Å². The molecule has 0 saturated carbocycles. The number of nitrogens with zero attached hydrogens (tertiary/aromatic N) is 1. The highest BCUT2D eigenvalue weighted by atomic mass is 16.5. The van der Waals surface area contributed by atoms with Crippen LogP contribution < -0.4 is 15.0 Å². The summed E-state index contributed by atoms with van der Waals surface area (Å²) in [5.41, 5.74) is 2.09. The maximum atomic E-state index is 12.5. The maximum absolute atomic E-state index is 12.5. The molecule has 5 heteroatoms. The summed E-state index contributed by atoms with van der Waals surface area (Å²) in [5, 5.41) is 0. The van der Waals surface area contributed by atoms with Gasteiger partial charge in [0.1, 0.15) is 17.3 Å². The minimum atomic E-state index is -0.184. The molecule has 0 spiro atoms. The van der Waals surface area contributed by atoms with Crippen LogP contribution in [0.4, 0.5) is 0 Å². The second kappa shape index (κ2) is 5.85. The molecule has 1 aromatic heterocycles. The molecule has 0 radical (unpaired) electrons. The van der Waals surface area contributed by atoms with Gasteiger partial charge in [0.2, 0.25) is 5.88 Å². The number of para-hydroxylation sites is 2. The lowest BCUT2D eigenvalue weighted by atomic mass is 10.0. The zero-order valence-corrected chi connectivity index (χ0v) is 13.2. The van der Waals surface area contributed by atoms with E-state index in [1.807, 2.05) is 55.5 Å². The van der Waals surface area contributed by atoms with Crippen LogP contribution in [0.25, 0.3) is 11.4 Å². The summed E-state index contributed by atoms with van der Waals surface area (Å²) in [6.07, 6.45) is 0.515. The Morgan fingerprint density at radius 1 is 1.17 bits per heavy atom. The fraction of sp³-hybridized carbons (Fsp3) is 0.158. The smallest absolute Gasteiger partial charge is 0.258 e. The van der Waals surface area contributed by atoms with Crippen molar-refractivity contribution in [2.24, 2.45) is 0 Å². The monoisotopic (exact) mass is 320 g/mol. The Morgan fingerprint density at radius 3 is 2.83 bits per heavy atom. The third-order valence-electron chi connectivity index (χ3n) is 3.97. The molecule has 120 valence electrons. The van der Waals surface area contributed by atoms with Gasteiger partial charge in [-0.05, 0) is 30.7 Å². The Labute approximate surface area is 138 Å². The van der Waals surface area contributed by atoms with E-state index in [-0.39, 0.29) is 5.56 Å². The molecule has 4 rings (SSSR count). The summed E-state index contributed by atoms with van der Waals surface area (Å²) < 4.78 is 11.5. The first-order valence-corrected chi connectivity index (χ1v) is 7.87. The molecule has 0 amide bonds. The molecule has 0 saturated heterocycles. The topological polar surface area (TPSA) is 64.2 Å². The lowest BCUT2D eigenvalue weighted by Crippen LogP contribution is -2.20. The molecule has 24 heavy (non-hydrogen) atoms. The van der Waals surface area contributed by atoms with Crippen LogP contribution in [0.15, 0.2) is 53.3 Å². The first-order chi connectivity index (χ1) is 11.8. The average molecular weight is 320 g/mol. The van der Waals surface area contributed by atoms with Crippen LogP contribution in [0, 0.1) is 0 Å². The molecule has 3 aromatic rings. The van der Waals surface area contributed by atoms with Crippen molar-refractivity contribution in [1.82, 2.24) is 9.97 Å². The Kier molecular flexibility index (Phi) is 3.54. The lowest BCUT2D eigenvalue weighted by molar-refractivity contribution is 0.341. The van der Waals surface area contributed by atoms with Gasteiger partial charge < -0.3 is 14.5 Å². The normalized spacial score (nSPS) is 12.0. The minimum Gasteiger partial charge on any atom is -0.493 e. The number of benzene rings is 2. The second-order valence-electron chi connectivity index (χ2n) is 5.51. The van der Waals surface area contributed by atoms with Gasteiger partial charge in [-0.25, -0.2) is 0 Å². The van der Waals surface area contributed by atoms with Gasteiger partial charge in [0.05, 0.1) is 17.7 Å². The number of hydrogen-bond donors (Lipinski definition) is 1. The quantitative estimate of drug-likeness (QED) is 0.627. The van der Waals surface area contributed by atoms with Crippen LogP contribution in [0.2, 0.25) is 0 Å². The summed E-state index contributed by atoms with van der Waals surface area (Å²) in [6.45, 7) is 2.45. The van der Waals surface area contributed by atoms with Crippen molar-refractivity contribution >= 4 is 0 Å². The predicted molar refractivity (Wildman–Crippen MR) is 90.8 cm³/mol. The van der Waals surface area contributed by atoms with Crippen molar-refractivity contribution in [2.75, 3.05) is 6.61 Å². The largest absolute Gasteiger partial charge is 0.493 e. The highest BCUT2D eigenvalue weighted by molar-refractivity contribution is 5.65. The van der Waals surface area contributed by atoms with E-state index in [0.29, 0.717) is 36.0 Å². The van der Waals surface area contributed by atoms with Crippen molar-refractivity contribution in [3.05, 3.63) is 70.0 Å². The number of ether oxygens (including phenoxy) is 2. The maximum Gasteiger partial charge on any atom is 0.258 e. The standard InChI is InChI=1S/C19H16N2O3/c1-2-23-16-10-6-4-8-13(16)17-20-18(22)14-11-12-7-3-5-9-15(12)24-19(14)21-17/h3-10H,2,11H2,1H3,(H,20,21,22). The molecule has 2 aromatic carbocycles. The fourth-order valence-electron chi connectivity index (χ4n) is 2.83. The fourth-order valence-corrected chi connectivity index (χ4v) is 2.83. The molecule has 0 unspecified atom stereocenters. The number of fused-ring (bicyclic) bond motifs is 2. The molecule has 1 aliphatic rings. The summed E-state index contributed by atoms with van der Waals surface area (Å²) in [4.78, 5) is 19.9. The van der Waals surface area contributed by atoms with Crippen molar-refractivity contribution in [3.8, 4) is 28.8 Å². The number of nitrogens with one attached hydrogen (secondary N) is 1. The molecular weight excluding hydrogens is 304 g/mol. The number of aromatic nitrogens is 2. The molecule has 5 nitrogen and oxygen atoms in total. The molecule has 0 atom stereocenters. The highest BCUT2D eigenvalue weighted by Crippen LogP contribution is 2.35. The van der Waals surface area contributed by atoms with E-state index < -0.39 is 0 Å². The van der Waals surface area contributed by atoms with Crippen LogP contribution >= 0.6 is 0 Å². The second-order valence-corrected chi connectivity index (χ2v) is 5.51. The van der Waals surface area contributed by atoms with Crippen molar-refractivity contribution in [3.63, 3.8) is 0 Å². The molecule has 0 bridgehead atoms. The summed E-state index contributed by atoms with van der Waals surface area (Å²) in [5.74, 6) is 2.23. The zero-order chi connectivity index (χ0) is 16.5. The Bertz CT molecular complexity index is 963. The minimum absolute atomic E-state index is 0.184. The van der Waals surface area contributed by atoms with Crippen LogP contribution in [0.1, 0.15) is 18.1 Å². The van der Waals surface area contributed by atoms with Gasteiger partial charge in [-0.15, -0.1) is 0 Å². The third-order valence-corrected chi connectivity index (χ3v) is 3.97. The number of rotatable bonds is 3. The number of H-pyrrole nitrogens is 1. The SMILES string of the molecule is CCOc1ccccc1-c1nc2c(c(=O)[nH]1)Cc1ccccc1O2. The third kappa shape index (κ3) is 2.44. The highest BCUT2D eigenvalue weighted by Gasteiger charge is 2.22. The van der Waals surface area contributed by atoms with E-state index in [1.54, 1.807) is 0 Å². The molecular formula is C19H16N2O3. The van der Waals surface area contributed by atoms with Gasteiger partial charge in [-0.2, -0.15) is 4.98 Å². The zero-order valence-electron chi connectivity index (χ0n) is 13.2. The van der Waals surface area contributed by atoms with Crippen molar-refractivity contribution in [1.29, 1.82) is 0 Å². The van der Waals surface area contributed by atoms with Gasteiger partial charge in [0.15, 0.2) is 0 Å². The van der Waals surface area contributed by atoms with Crippen LogP contribution in [0.5, 0.6) is 17.4 Å². The van der Waals surface area contributed by atoms with E-state index in [1.165, 1.54) is 0 Å². The van der Waals surface area contributed by atoms with E-state index >= 15 is 0 Å². The lowest BCUT2D eigenvalue weighted by Gasteiger charge is -2.19. The Morgan fingerprint density at radius 2 is 1.96 bits per heavy atom. The summed E-state index contributed by atoms with van der Waals surface area (Å²) in [6, 6.07) is 15.2. The van der Waals surface area contributed by atoms with Gasteiger partial charge in [-0.1, -0.05) is 30.3 Å². The van der Waals surface area contributed by atoms with Crippen molar-refractivity contribution < 1.29 is 9.47 Å². The van der Waals surface area contributed by atoms with Crippen LogP contribution in [0.3, 0.4) is 0 Å². The Hall–Kier alpha value is -3.08. The molecule has 1 N–H and O–H groups in total. The molecule has 0 aliphatic carbocycles. The van der Waals surface area contributed by atoms with Crippen molar-refractivity contribution in [2.45, 2.75) is 13.3 Å². The summed E-state index contributed by atoms with van der Waals surface area (Å²) in [7, 11) is 0. The van der Waals surface area contributed by atoms with E-state index in [4.69, 9.17) is 9.47 Å². The van der Waals surface area contributed by atoms with E-state index in [0.717, 1.165) is 16.9 Å². The predicted octanol–water partition coefficient (Wildman–Crippen LogP) is 3.53. The van der Waals surface area contributed by atoms with Crippen LogP contribution in [-0.2, 0) is 6.42 Å². The van der Waals surface area contributed by atoms with Crippen LogP contribution in [-0.4, -0.2) is 16.6 Å². The van der Waals surface area contributed by atoms with Gasteiger partial charge in [0.25, 0.3) is 5.56 Å². The Balaban J connectivity index is 1.82. The van der Waals surface area contributed by atoms with E-state index in [9.17, 15) is 4.79 Å².